The van der Waals surface area contributed by atoms with E-state index in [2.05, 4.69) is 51.9 Å². The Morgan fingerprint density at radius 3 is 2.12 bits per heavy atom. The second-order valence-corrected chi connectivity index (χ2v) is 6.02. The topological polar surface area (TPSA) is 15.3 Å². The van der Waals surface area contributed by atoms with Crippen LogP contribution in [0.15, 0.2) is 0 Å². The molecule has 0 spiro atoms. The van der Waals surface area contributed by atoms with E-state index in [0.717, 1.165) is 18.5 Å². The molecule has 96 valence electrons. The summed E-state index contributed by atoms with van der Waals surface area (Å²) >= 11 is 0. The predicted molar refractivity (Wildman–Crippen MR) is 71.7 cm³/mol. The van der Waals surface area contributed by atoms with Crippen LogP contribution in [0.4, 0.5) is 0 Å². The van der Waals surface area contributed by atoms with E-state index in [1.54, 1.807) is 0 Å². The third kappa shape index (κ3) is 4.06. The number of hydrogen-bond acceptors (Lipinski definition) is 2. The third-order valence-electron chi connectivity index (χ3n) is 4.26. The molecule has 0 amide bonds. The van der Waals surface area contributed by atoms with Crippen LogP contribution in [0.5, 0.6) is 0 Å². The quantitative estimate of drug-likeness (QED) is 0.718. The predicted octanol–water partition coefficient (Wildman–Crippen LogP) is 2.74. The van der Waals surface area contributed by atoms with Crippen LogP contribution < -0.4 is 5.32 Å². The Hall–Kier alpha value is -0.0800. The van der Waals surface area contributed by atoms with Crippen LogP contribution in [0, 0.1) is 11.8 Å². The highest BCUT2D eigenvalue weighted by Crippen LogP contribution is 2.35. The summed E-state index contributed by atoms with van der Waals surface area (Å²) < 4.78 is 0. The molecule has 1 aliphatic carbocycles. The van der Waals surface area contributed by atoms with Crippen LogP contribution in [-0.2, 0) is 0 Å². The normalized spacial score (nSPS) is 22.5. The maximum atomic E-state index is 3.54. The lowest BCUT2D eigenvalue weighted by Gasteiger charge is -2.35. The summed E-state index contributed by atoms with van der Waals surface area (Å²) in [6.07, 6.45) is 2.88. The van der Waals surface area contributed by atoms with E-state index in [1.165, 1.54) is 12.8 Å². The van der Waals surface area contributed by atoms with Gasteiger partial charge < -0.3 is 10.2 Å². The van der Waals surface area contributed by atoms with Crippen LogP contribution in [0.25, 0.3) is 0 Å². The van der Waals surface area contributed by atoms with Crippen molar-refractivity contribution in [2.45, 2.75) is 65.6 Å². The average molecular weight is 226 g/mol. The summed E-state index contributed by atoms with van der Waals surface area (Å²) in [6, 6.07) is 2.03. The fourth-order valence-corrected chi connectivity index (χ4v) is 2.28. The Morgan fingerprint density at radius 1 is 1.12 bits per heavy atom. The first-order chi connectivity index (χ1) is 7.43. The van der Waals surface area contributed by atoms with Gasteiger partial charge in [-0.3, -0.25) is 0 Å². The van der Waals surface area contributed by atoms with Crippen LogP contribution in [0.3, 0.4) is 0 Å². The maximum Gasteiger partial charge on any atom is 0.0105 e. The van der Waals surface area contributed by atoms with Gasteiger partial charge in [-0.25, -0.2) is 0 Å². The van der Waals surface area contributed by atoms with Gasteiger partial charge in [-0.2, -0.15) is 0 Å². The van der Waals surface area contributed by atoms with Crippen molar-refractivity contribution in [3.8, 4) is 0 Å². The van der Waals surface area contributed by atoms with Crippen LogP contribution in [-0.4, -0.2) is 36.6 Å². The zero-order chi connectivity index (χ0) is 12.3. The molecule has 0 aliphatic heterocycles. The first-order valence-electron chi connectivity index (χ1n) is 6.88. The van der Waals surface area contributed by atoms with Gasteiger partial charge in [0.2, 0.25) is 0 Å². The minimum absolute atomic E-state index is 0.598. The van der Waals surface area contributed by atoms with Gasteiger partial charge in [0.05, 0.1) is 0 Å². The van der Waals surface area contributed by atoms with Gasteiger partial charge in [-0.05, 0) is 52.1 Å². The van der Waals surface area contributed by atoms with Crippen molar-refractivity contribution in [2.75, 3.05) is 13.6 Å². The summed E-state index contributed by atoms with van der Waals surface area (Å²) in [5.74, 6) is 1.69. The van der Waals surface area contributed by atoms with Crippen molar-refractivity contribution >= 4 is 0 Å². The molecule has 16 heavy (non-hydrogen) atoms. The summed E-state index contributed by atoms with van der Waals surface area (Å²) in [6.45, 7) is 12.7. The molecule has 1 saturated carbocycles. The first kappa shape index (κ1) is 14.0. The van der Waals surface area contributed by atoms with E-state index in [4.69, 9.17) is 0 Å². The SMILES string of the molecule is CC(C)NCC(C)C(C)N(C)C(C)C1CC1. The highest BCUT2D eigenvalue weighted by Gasteiger charge is 2.33. The summed E-state index contributed by atoms with van der Waals surface area (Å²) in [5.41, 5.74) is 0. The van der Waals surface area contributed by atoms with E-state index in [1.807, 2.05) is 0 Å². The molecule has 1 aliphatic rings. The van der Waals surface area contributed by atoms with Gasteiger partial charge in [-0.15, -0.1) is 0 Å². The molecule has 0 aromatic carbocycles. The fraction of sp³-hybridized carbons (Fsp3) is 1.00. The lowest BCUT2D eigenvalue weighted by atomic mass is 9.99. The zero-order valence-electron chi connectivity index (χ0n) is 12.0. The van der Waals surface area contributed by atoms with Crippen LogP contribution >= 0.6 is 0 Å². The van der Waals surface area contributed by atoms with E-state index in [-0.39, 0.29) is 0 Å². The molecule has 0 heterocycles. The Balaban J connectivity index is 2.32. The van der Waals surface area contributed by atoms with E-state index >= 15 is 0 Å². The Kier molecular flexibility index (Phi) is 5.26. The van der Waals surface area contributed by atoms with Crippen molar-refractivity contribution in [3.05, 3.63) is 0 Å². The van der Waals surface area contributed by atoms with E-state index in [9.17, 15) is 0 Å². The van der Waals surface area contributed by atoms with Gasteiger partial charge in [0, 0.05) is 18.1 Å². The van der Waals surface area contributed by atoms with Crippen molar-refractivity contribution in [2.24, 2.45) is 11.8 Å². The summed E-state index contributed by atoms with van der Waals surface area (Å²) in [7, 11) is 2.29. The van der Waals surface area contributed by atoms with Gasteiger partial charge >= 0.3 is 0 Å². The van der Waals surface area contributed by atoms with Gasteiger partial charge in [0.25, 0.3) is 0 Å². The number of nitrogens with one attached hydrogen (secondary N) is 1. The number of rotatable bonds is 7. The number of nitrogens with zero attached hydrogens (tertiary/aromatic N) is 1. The summed E-state index contributed by atoms with van der Waals surface area (Å²) in [4.78, 5) is 2.57. The van der Waals surface area contributed by atoms with Gasteiger partial charge in [-0.1, -0.05) is 20.8 Å². The molecule has 0 saturated heterocycles. The molecule has 0 bridgehead atoms. The van der Waals surface area contributed by atoms with Gasteiger partial charge in [0.15, 0.2) is 0 Å². The highest BCUT2D eigenvalue weighted by atomic mass is 15.2. The van der Waals surface area contributed by atoms with E-state index in [0.29, 0.717) is 18.0 Å². The van der Waals surface area contributed by atoms with Crippen molar-refractivity contribution < 1.29 is 0 Å². The molecule has 0 aromatic rings. The molecule has 3 unspecified atom stereocenters. The molecular formula is C14H30N2. The Labute approximate surface area is 102 Å². The lowest BCUT2D eigenvalue weighted by Crippen LogP contribution is -2.44. The molecule has 0 aromatic heterocycles. The molecule has 1 N–H and O–H groups in total. The molecule has 1 rings (SSSR count). The number of hydrogen-bond donors (Lipinski definition) is 1. The largest absolute Gasteiger partial charge is 0.314 e. The Bertz CT molecular complexity index is 199. The average Bonchev–Trinajstić information content (AvgIpc) is 3.06. The summed E-state index contributed by atoms with van der Waals surface area (Å²) in [5, 5.41) is 3.54. The smallest absolute Gasteiger partial charge is 0.0105 e. The van der Waals surface area contributed by atoms with Crippen LogP contribution in [0.2, 0.25) is 0 Å². The lowest BCUT2D eigenvalue weighted by molar-refractivity contribution is 0.135. The molecule has 3 atom stereocenters. The second kappa shape index (κ2) is 6.02. The molecule has 1 fully saturated rings. The molecule has 2 heteroatoms. The second-order valence-electron chi connectivity index (χ2n) is 6.02. The van der Waals surface area contributed by atoms with Crippen LogP contribution in [0.1, 0.15) is 47.5 Å². The van der Waals surface area contributed by atoms with Crippen molar-refractivity contribution in [3.63, 3.8) is 0 Å². The third-order valence-corrected chi connectivity index (χ3v) is 4.26. The molecule has 2 nitrogen and oxygen atoms in total. The highest BCUT2D eigenvalue weighted by molar-refractivity contribution is 4.87. The van der Waals surface area contributed by atoms with Crippen molar-refractivity contribution in [1.29, 1.82) is 0 Å². The molecular weight excluding hydrogens is 196 g/mol. The minimum atomic E-state index is 0.598. The zero-order valence-corrected chi connectivity index (χ0v) is 12.0. The Morgan fingerprint density at radius 2 is 1.69 bits per heavy atom. The van der Waals surface area contributed by atoms with Gasteiger partial charge in [0.1, 0.15) is 0 Å². The first-order valence-corrected chi connectivity index (χ1v) is 6.88. The minimum Gasteiger partial charge on any atom is -0.314 e. The molecule has 0 radical (unpaired) electrons. The van der Waals surface area contributed by atoms with E-state index < -0.39 is 0 Å². The standard InChI is InChI=1S/C14H30N2/c1-10(2)15-9-11(3)12(4)16(6)13(5)14-7-8-14/h10-15H,7-9H2,1-6H3. The monoisotopic (exact) mass is 226 g/mol. The fourth-order valence-electron chi connectivity index (χ4n) is 2.28. The maximum absolute atomic E-state index is 3.54. The van der Waals surface area contributed by atoms with Crippen molar-refractivity contribution in [1.82, 2.24) is 10.2 Å².